The van der Waals surface area contributed by atoms with Crippen molar-refractivity contribution in [2.45, 2.75) is 19.9 Å². The summed E-state index contributed by atoms with van der Waals surface area (Å²) in [5, 5.41) is 2.97. The Labute approximate surface area is 247 Å². The quantitative estimate of drug-likeness (QED) is 0.271. The van der Waals surface area contributed by atoms with Crippen LogP contribution in [0.1, 0.15) is 31.0 Å². The van der Waals surface area contributed by atoms with Gasteiger partial charge in [0, 0.05) is 5.69 Å². The van der Waals surface area contributed by atoms with Crippen molar-refractivity contribution in [3.63, 3.8) is 0 Å². The molecule has 1 aromatic heterocycles. The summed E-state index contributed by atoms with van der Waals surface area (Å²) in [6.45, 7) is 8.20. The maximum absolute atomic E-state index is 14.0. The number of nitrogens with zero attached hydrogens (tertiary/aromatic N) is 2. The lowest BCUT2D eigenvalue weighted by atomic mass is 9.95. The van der Waals surface area contributed by atoms with E-state index in [-0.39, 0.29) is 11.5 Å². The number of thiazole rings is 1. The number of benzene rings is 3. The normalized spacial score (nSPS) is 14.5. The van der Waals surface area contributed by atoms with E-state index in [0.29, 0.717) is 56.8 Å². The van der Waals surface area contributed by atoms with E-state index < -0.39 is 6.04 Å². The van der Waals surface area contributed by atoms with Gasteiger partial charge in [0.25, 0.3) is 11.5 Å². The second-order valence-corrected chi connectivity index (χ2v) is 10.4. The third kappa shape index (κ3) is 5.91. The van der Waals surface area contributed by atoms with E-state index in [0.717, 1.165) is 11.1 Å². The Bertz CT molecular complexity index is 1820. The summed E-state index contributed by atoms with van der Waals surface area (Å²) in [4.78, 5) is 32.9. The molecular weight excluding hydrogens is 550 g/mol. The lowest BCUT2D eigenvalue weighted by Gasteiger charge is -2.25. The number of methoxy groups -OCH3 is 1. The van der Waals surface area contributed by atoms with Crippen LogP contribution in [0.4, 0.5) is 5.69 Å². The third-order valence-electron chi connectivity index (χ3n) is 6.65. The number of nitrogens with one attached hydrogen (secondary N) is 1. The van der Waals surface area contributed by atoms with Crippen molar-refractivity contribution in [2.24, 2.45) is 4.99 Å². The highest BCUT2D eigenvalue weighted by Crippen LogP contribution is 2.32. The Balaban J connectivity index is 1.62. The van der Waals surface area contributed by atoms with Gasteiger partial charge < -0.3 is 19.5 Å². The van der Waals surface area contributed by atoms with E-state index in [4.69, 9.17) is 19.2 Å². The molecule has 1 aliphatic rings. The number of hydrogen-bond donors (Lipinski definition) is 1. The topological polar surface area (TPSA) is 91.2 Å². The summed E-state index contributed by atoms with van der Waals surface area (Å²) < 4.78 is 18.9. The second kappa shape index (κ2) is 12.7. The van der Waals surface area contributed by atoms with Crippen molar-refractivity contribution >= 4 is 29.0 Å². The minimum absolute atomic E-state index is 0.248. The van der Waals surface area contributed by atoms with E-state index >= 15 is 0 Å². The Morgan fingerprint density at radius 2 is 1.83 bits per heavy atom. The fraction of sp³-hybridized carbons (Fsp3) is 0.182. The molecule has 5 rings (SSSR count). The number of fused-ring (bicyclic) bond motifs is 1. The summed E-state index contributed by atoms with van der Waals surface area (Å²) in [6.07, 6.45) is 3.47. The summed E-state index contributed by atoms with van der Waals surface area (Å²) in [5.74, 6) is 1.52. The van der Waals surface area contributed by atoms with Crippen molar-refractivity contribution in [2.75, 3.05) is 25.6 Å². The highest BCUT2D eigenvalue weighted by atomic mass is 32.1. The first-order valence-corrected chi connectivity index (χ1v) is 14.3. The standard InChI is InChI=1S/C33H31N3O5S/c1-5-18-41-26-17-12-22(19-27(26)40-6-2)20-28-32(38)36-30(23-13-15-25(39-4)16-14-23)29(21(3)34-33(36)42-28)31(37)35-24-10-8-7-9-11-24/h5,7-17,19-20,30H,1,6,18H2,2-4H3,(H,35,37)/b28-20+/t30-/m1/s1. The van der Waals surface area contributed by atoms with Gasteiger partial charge in [-0.05, 0) is 67.4 Å². The molecule has 214 valence electrons. The lowest BCUT2D eigenvalue weighted by molar-refractivity contribution is -0.113. The van der Waals surface area contributed by atoms with E-state index in [1.165, 1.54) is 11.3 Å². The van der Waals surface area contributed by atoms with Crippen LogP contribution in [0.5, 0.6) is 17.2 Å². The zero-order valence-corrected chi connectivity index (χ0v) is 24.4. The molecule has 0 spiro atoms. The van der Waals surface area contributed by atoms with Gasteiger partial charge >= 0.3 is 0 Å². The molecule has 1 amide bonds. The predicted octanol–water partition coefficient (Wildman–Crippen LogP) is 4.85. The van der Waals surface area contributed by atoms with Crippen LogP contribution in [0.25, 0.3) is 6.08 Å². The highest BCUT2D eigenvalue weighted by Gasteiger charge is 2.32. The summed E-state index contributed by atoms with van der Waals surface area (Å²) in [7, 11) is 1.59. The smallest absolute Gasteiger partial charge is 0.271 e. The van der Waals surface area contributed by atoms with Gasteiger partial charge in [-0.3, -0.25) is 14.2 Å². The average Bonchev–Trinajstić information content (AvgIpc) is 3.30. The Kier molecular flexibility index (Phi) is 8.68. The number of hydrogen-bond acceptors (Lipinski definition) is 7. The van der Waals surface area contributed by atoms with Crippen molar-refractivity contribution in [1.82, 2.24) is 4.57 Å². The molecule has 1 N–H and O–H groups in total. The van der Waals surface area contributed by atoms with Gasteiger partial charge in [-0.1, -0.05) is 60.4 Å². The summed E-state index contributed by atoms with van der Waals surface area (Å²) >= 11 is 1.27. The third-order valence-corrected chi connectivity index (χ3v) is 7.63. The predicted molar refractivity (Wildman–Crippen MR) is 165 cm³/mol. The van der Waals surface area contributed by atoms with Crippen LogP contribution in [0.15, 0.2) is 107 Å². The molecule has 4 aromatic rings. The zero-order chi connectivity index (χ0) is 29.6. The molecule has 0 saturated carbocycles. The number of carbonyl (C=O) groups excluding carboxylic acids is 1. The molecule has 0 aliphatic carbocycles. The van der Waals surface area contributed by atoms with Gasteiger partial charge in [0.15, 0.2) is 16.3 Å². The van der Waals surface area contributed by atoms with E-state index in [2.05, 4.69) is 11.9 Å². The molecule has 0 radical (unpaired) electrons. The highest BCUT2D eigenvalue weighted by molar-refractivity contribution is 7.07. The first-order chi connectivity index (χ1) is 20.4. The summed E-state index contributed by atoms with van der Waals surface area (Å²) in [6, 6.07) is 21.4. The Hall–Kier alpha value is -4.89. The van der Waals surface area contributed by atoms with Crippen LogP contribution in [-0.4, -0.2) is 30.8 Å². The molecule has 1 aliphatic heterocycles. The van der Waals surface area contributed by atoms with Crippen LogP contribution in [0, 0.1) is 0 Å². The van der Waals surface area contributed by atoms with Gasteiger partial charge in [-0.2, -0.15) is 0 Å². The number of aromatic nitrogens is 1. The number of ether oxygens (including phenoxy) is 3. The number of rotatable bonds is 10. The molecule has 1 atom stereocenters. The van der Waals surface area contributed by atoms with Gasteiger partial charge in [-0.25, -0.2) is 4.99 Å². The number of carbonyl (C=O) groups is 1. The molecule has 0 bridgehead atoms. The van der Waals surface area contributed by atoms with Crippen molar-refractivity contribution < 1.29 is 19.0 Å². The number of allylic oxidation sites excluding steroid dienone is 1. The van der Waals surface area contributed by atoms with E-state index in [1.54, 1.807) is 30.8 Å². The molecular formula is C33H31N3O5S. The molecule has 9 heteroatoms. The van der Waals surface area contributed by atoms with Gasteiger partial charge in [0.2, 0.25) is 0 Å². The SMILES string of the molecule is C=CCOc1ccc(/C=c2/sc3n(c2=O)[C@H](c2ccc(OC)cc2)C(C(=O)Nc2ccccc2)=C(C)N=3)cc1OCC. The Morgan fingerprint density at radius 3 is 2.52 bits per heavy atom. The monoisotopic (exact) mass is 581 g/mol. The lowest BCUT2D eigenvalue weighted by Crippen LogP contribution is -2.40. The first kappa shape index (κ1) is 28.6. The Morgan fingerprint density at radius 1 is 1.07 bits per heavy atom. The molecule has 42 heavy (non-hydrogen) atoms. The van der Waals surface area contributed by atoms with Crippen LogP contribution in [0.2, 0.25) is 0 Å². The van der Waals surface area contributed by atoms with Crippen molar-refractivity contribution in [1.29, 1.82) is 0 Å². The number of anilines is 1. The summed E-state index contributed by atoms with van der Waals surface area (Å²) in [5.41, 5.74) is 2.87. The fourth-order valence-electron chi connectivity index (χ4n) is 4.74. The second-order valence-electron chi connectivity index (χ2n) is 9.41. The average molecular weight is 582 g/mol. The van der Waals surface area contributed by atoms with Crippen molar-refractivity contribution in [3.8, 4) is 17.2 Å². The molecule has 2 heterocycles. The van der Waals surface area contributed by atoms with E-state index in [1.807, 2.05) is 79.7 Å². The van der Waals surface area contributed by atoms with E-state index in [9.17, 15) is 9.59 Å². The van der Waals surface area contributed by atoms with Gasteiger partial charge in [-0.15, -0.1) is 0 Å². The van der Waals surface area contributed by atoms with Crippen LogP contribution in [-0.2, 0) is 4.79 Å². The van der Waals surface area contributed by atoms with Crippen LogP contribution in [0.3, 0.4) is 0 Å². The minimum Gasteiger partial charge on any atom is -0.497 e. The zero-order valence-electron chi connectivity index (χ0n) is 23.6. The largest absolute Gasteiger partial charge is 0.497 e. The molecule has 0 saturated heterocycles. The number of para-hydroxylation sites is 1. The minimum atomic E-state index is -0.688. The maximum Gasteiger partial charge on any atom is 0.271 e. The van der Waals surface area contributed by atoms with Crippen LogP contribution >= 0.6 is 11.3 Å². The van der Waals surface area contributed by atoms with Gasteiger partial charge in [0.05, 0.1) is 35.6 Å². The van der Waals surface area contributed by atoms with Gasteiger partial charge in [0.1, 0.15) is 12.4 Å². The van der Waals surface area contributed by atoms with Crippen LogP contribution < -0.4 is 34.4 Å². The molecule has 0 fully saturated rings. The number of amides is 1. The first-order valence-electron chi connectivity index (χ1n) is 13.5. The molecule has 0 unspecified atom stereocenters. The molecule has 8 nitrogen and oxygen atoms in total. The fourth-order valence-corrected chi connectivity index (χ4v) is 5.78. The van der Waals surface area contributed by atoms with Crippen molar-refractivity contribution in [3.05, 3.63) is 128 Å². The molecule has 3 aromatic carbocycles. The maximum atomic E-state index is 14.0.